The SMILES string of the molecule is NC1(c2noc(C3CCCN(C(=O)c4ccccc4OC(F)F)C3)n2)CCC1. The maximum absolute atomic E-state index is 12.9. The molecule has 2 fully saturated rings. The summed E-state index contributed by atoms with van der Waals surface area (Å²) in [5, 5.41) is 4.04. The van der Waals surface area contributed by atoms with Gasteiger partial charge in [0.05, 0.1) is 17.0 Å². The van der Waals surface area contributed by atoms with Gasteiger partial charge in [0, 0.05) is 13.1 Å². The van der Waals surface area contributed by atoms with Gasteiger partial charge in [-0.05, 0) is 44.2 Å². The van der Waals surface area contributed by atoms with Crippen LogP contribution < -0.4 is 10.5 Å². The number of nitrogens with zero attached hydrogens (tertiary/aromatic N) is 3. The summed E-state index contributed by atoms with van der Waals surface area (Å²) >= 11 is 0. The first kappa shape index (κ1) is 18.8. The van der Waals surface area contributed by atoms with Crippen LogP contribution in [0.3, 0.4) is 0 Å². The van der Waals surface area contributed by atoms with Crippen LogP contribution in [-0.4, -0.2) is 40.6 Å². The number of halogens is 2. The summed E-state index contributed by atoms with van der Waals surface area (Å²) < 4.78 is 35.2. The number of ether oxygens (including phenoxy) is 1. The van der Waals surface area contributed by atoms with Crippen molar-refractivity contribution in [3.63, 3.8) is 0 Å². The van der Waals surface area contributed by atoms with Crippen LogP contribution in [0, 0.1) is 0 Å². The second-order valence-corrected chi connectivity index (χ2v) is 7.43. The Balaban J connectivity index is 1.49. The van der Waals surface area contributed by atoms with E-state index in [9.17, 15) is 13.6 Å². The van der Waals surface area contributed by atoms with Crippen LogP contribution in [0.4, 0.5) is 8.78 Å². The van der Waals surface area contributed by atoms with Crippen molar-refractivity contribution in [2.75, 3.05) is 13.1 Å². The molecule has 1 aliphatic carbocycles. The smallest absolute Gasteiger partial charge is 0.387 e. The highest BCUT2D eigenvalue weighted by Crippen LogP contribution is 2.38. The standard InChI is InChI=1S/C19H22F2N4O3/c20-18(21)27-14-7-2-1-6-13(14)16(26)25-10-3-5-12(11-25)15-23-17(24-28-15)19(22)8-4-9-19/h1-2,6-7,12,18H,3-5,8-11,22H2. The number of carbonyl (C=O) groups is 1. The molecule has 2 aromatic rings. The number of benzene rings is 1. The van der Waals surface area contributed by atoms with Crippen LogP contribution >= 0.6 is 0 Å². The minimum atomic E-state index is -2.99. The van der Waals surface area contributed by atoms with E-state index in [1.807, 2.05) is 0 Å². The molecular weight excluding hydrogens is 370 g/mol. The van der Waals surface area contributed by atoms with Crippen molar-refractivity contribution in [1.82, 2.24) is 15.0 Å². The van der Waals surface area contributed by atoms with Crippen LogP contribution in [0.25, 0.3) is 0 Å². The number of amides is 1. The zero-order chi connectivity index (χ0) is 19.7. The first-order valence-corrected chi connectivity index (χ1v) is 9.42. The molecule has 1 unspecified atom stereocenters. The van der Waals surface area contributed by atoms with Gasteiger partial charge in [-0.3, -0.25) is 4.79 Å². The molecule has 1 saturated carbocycles. The Morgan fingerprint density at radius 2 is 2.11 bits per heavy atom. The molecule has 4 rings (SSSR count). The fourth-order valence-corrected chi connectivity index (χ4v) is 3.76. The number of nitrogens with two attached hydrogens (primary N) is 1. The van der Waals surface area contributed by atoms with Crippen molar-refractivity contribution < 1.29 is 22.8 Å². The first-order chi connectivity index (χ1) is 13.5. The zero-order valence-corrected chi connectivity index (χ0v) is 15.3. The number of likely N-dealkylation sites (tertiary alicyclic amines) is 1. The van der Waals surface area contributed by atoms with Crippen molar-refractivity contribution in [1.29, 1.82) is 0 Å². The van der Waals surface area contributed by atoms with Gasteiger partial charge in [0.25, 0.3) is 5.91 Å². The molecule has 1 saturated heterocycles. The summed E-state index contributed by atoms with van der Waals surface area (Å²) in [7, 11) is 0. The Morgan fingerprint density at radius 1 is 1.32 bits per heavy atom. The van der Waals surface area contributed by atoms with Gasteiger partial charge in [-0.2, -0.15) is 13.8 Å². The first-order valence-electron chi connectivity index (χ1n) is 9.42. The van der Waals surface area contributed by atoms with Gasteiger partial charge in [0.1, 0.15) is 5.75 Å². The Bertz CT molecular complexity index is 853. The average Bonchev–Trinajstić information content (AvgIpc) is 3.16. The molecule has 2 N–H and O–H groups in total. The zero-order valence-electron chi connectivity index (χ0n) is 15.3. The number of hydrogen-bond acceptors (Lipinski definition) is 6. The van der Waals surface area contributed by atoms with Gasteiger partial charge < -0.3 is 19.9 Å². The van der Waals surface area contributed by atoms with Crippen molar-refractivity contribution in [3.05, 3.63) is 41.5 Å². The van der Waals surface area contributed by atoms with E-state index in [0.717, 1.165) is 32.1 Å². The Labute approximate surface area is 160 Å². The van der Waals surface area contributed by atoms with Crippen molar-refractivity contribution in [2.24, 2.45) is 5.73 Å². The third-order valence-corrected chi connectivity index (χ3v) is 5.52. The molecule has 1 amide bonds. The molecule has 0 radical (unpaired) electrons. The molecule has 0 bridgehead atoms. The highest BCUT2D eigenvalue weighted by Gasteiger charge is 2.40. The van der Waals surface area contributed by atoms with E-state index in [0.29, 0.717) is 24.8 Å². The molecular formula is C19H22F2N4O3. The second-order valence-electron chi connectivity index (χ2n) is 7.43. The monoisotopic (exact) mass is 392 g/mol. The molecule has 1 atom stereocenters. The van der Waals surface area contributed by atoms with E-state index in [4.69, 9.17) is 10.3 Å². The van der Waals surface area contributed by atoms with Crippen LogP contribution in [-0.2, 0) is 5.54 Å². The van der Waals surface area contributed by atoms with Gasteiger partial charge >= 0.3 is 6.61 Å². The van der Waals surface area contributed by atoms with Gasteiger partial charge in [-0.15, -0.1) is 0 Å². The molecule has 1 aromatic heterocycles. The number of alkyl halides is 2. The summed E-state index contributed by atoms with van der Waals surface area (Å²) in [6, 6.07) is 6.03. The minimum absolute atomic E-state index is 0.106. The van der Waals surface area contributed by atoms with Gasteiger partial charge in [-0.1, -0.05) is 17.3 Å². The molecule has 0 spiro atoms. The van der Waals surface area contributed by atoms with Gasteiger partial charge in [0.15, 0.2) is 5.82 Å². The third-order valence-electron chi connectivity index (χ3n) is 5.52. The molecule has 9 heteroatoms. The number of para-hydroxylation sites is 1. The lowest BCUT2D eigenvalue weighted by Crippen LogP contribution is -2.44. The maximum atomic E-state index is 12.9. The molecule has 150 valence electrons. The number of carbonyl (C=O) groups excluding carboxylic acids is 1. The molecule has 2 aliphatic rings. The maximum Gasteiger partial charge on any atom is 0.387 e. The highest BCUT2D eigenvalue weighted by atomic mass is 19.3. The van der Waals surface area contributed by atoms with Crippen molar-refractivity contribution >= 4 is 5.91 Å². The van der Waals surface area contributed by atoms with Gasteiger partial charge in [-0.25, -0.2) is 0 Å². The summed E-state index contributed by atoms with van der Waals surface area (Å²) in [4.78, 5) is 19.0. The lowest BCUT2D eigenvalue weighted by atomic mass is 9.77. The molecule has 1 aliphatic heterocycles. The van der Waals surface area contributed by atoms with E-state index >= 15 is 0 Å². The van der Waals surface area contributed by atoms with E-state index in [2.05, 4.69) is 14.9 Å². The number of hydrogen-bond donors (Lipinski definition) is 1. The second kappa shape index (κ2) is 7.46. The fraction of sp³-hybridized carbons (Fsp3) is 0.526. The van der Waals surface area contributed by atoms with Crippen molar-refractivity contribution in [2.45, 2.75) is 50.2 Å². The fourth-order valence-electron chi connectivity index (χ4n) is 3.76. The van der Waals surface area contributed by atoms with Crippen LogP contribution in [0.15, 0.2) is 28.8 Å². The quantitative estimate of drug-likeness (QED) is 0.841. The van der Waals surface area contributed by atoms with Gasteiger partial charge in [0.2, 0.25) is 5.89 Å². The minimum Gasteiger partial charge on any atom is -0.434 e. The van der Waals surface area contributed by atoms with E-state index in [-0.39, 0.29) is 23.1 Å². The lowest BCUT2D eigenvalue weighted by Gasteiger charge is -2.34. The predicted octanol–water partition coefficient (Wildman–Crippen LogP) is 3.03. The number of rotatable bonds is 5. The largest absolute Gasteiger partial charge is 0.434 e. The summed E-state index contributed by atoms with van der Waals surface area (Å²) in [5.41, 5.74) is 5.86. The van der Waals surface area contributed by atoms with E-state index in [1.165, 1.54) is 12.1 Å². The normalized spacial score (nSPS) is 21.4. The van der Waals surface area contributed by atoms with Crippen LogP contribution in [0.1, 0.15) is 60.1 Å². The Morgan fingerprint density at radius 3 is 2.82 bits per heavy atom. The van der Waals surface area contributed by atoms with Crippen molar-refractivity contribution in [3.8, 4) is 5.75 Å². The van der Waals surface area contributed by atoms with Crippen LogP contribution in [0.2, 0.25) is 0 Å². The van der Waals surface area contributed by atoms with E-state index < -0.39 is 12.2 Å². The lowest BCUT2D eigenvalue weighted by molar-refractivity contribution is -0.0503. The van der Waals surface area contributed by atoms with E-state index in [1.54, 1.807) is 17.0 Å². The molecule has 1 aromatic carbocycles. The average molecular weight is 392 g/mol. The topological polar surface area (TPSA) is 94.5 Å². The Hall–Kier alpha value is -2.55. The molecule has 2 heterocycles. The number of piperidine rings is 1. The third kappa shape index (κ3) is 3.58. The predicted molar refractivity (Wildman–Crippen MR) is 95.0 cm³/mol. The summed E-state index contributed by atoms with van der Waals surface area (Å²) in [5.74, 6) is 0.412. The Kier molecular flexibility index (Phi) is 5.01. The van der Waals surface area contributed by atoms with Crippen LogP contribution in [0.5, 0.6) is 5.75 Å². The molecule has 28 heavy (non-hydrogen) atoms. The molecule has 7 nitrogen and oxygen atoms in total. The summed E-state index contributed by atoms with van der Waals surface area (Å²) in [6.45, 7) is -2.09. The summed E-state index contributed by atoms with van der Waals surface area (Å²) in [6.07, 6.45) is 4.27. The highest BCUT2D eigenvalue weighted by molar-refractivity contribution is 5.97. The number of aromatic nitrogens is 2.